The van der Waals surface area contributed by atoms with Crippen molar-refractivity contribution in [3.63, 3.8) is 0 Å². The Morgan fingerprint density at radius 2 is 1.76 bits per heavy atom. The second kappa shape index (κ2) is 7.81. The van der Waals surface area contributed by atoms with E-state index in [4.69, 9.17) is 5.73 Å². The van der Waals surface area contributed by atoms with Crippen LogP contribution in [0.4, 0.5) is 0 Å². The van der Waals surface area contributed by atoms with E-state index in [1.54, 1.807) is 0 Å². The summed E-state index contributed by atoms with van der Waals surface area (Å²) in [6, 6.07) is 18.1. The van der Waals surface area contributed by atoms with Crippen LogP contribution in [0.2, 0.25) is 0 Å². The molecule has 0 radical (unpaired) electrons. The molecule has 4 nitrogen and oxygen atoms in total. The molecule has 1 saturated heterocycles. The van der Waals surface area contributed by atoms with Crippen LogP contribution in [0.1, 0.15) is 23.1 Å². The van der Waals surface area contributed by atoms with Crippen LogP contribution in [0.25, 0.3) is 0 Å². The second-order valence-electron chi connectivity index (χ2n) is 6.90. The average Bonchev–Trinajstić information content (AvgIpc) is 3.10. The molecule has 132 valence electrons. The van der Waals surface area contributed by atoms with E-state index < -0.39 is 0 Å². The summed E-state index contributed by atoms with van der Waals surface area (Å²) in [4.78, 5) is 14.6. The predicted octanol–water partition coefficient (Wildman–Crippen LogP) is 1.89. The molecule has 1 fully saturated rings. The van der Waals surface area contributed by atoms with Crippen molar-refractivity contribution >= 4 is 5.91 Å². The van der Waals surface area contributed by atoms with Gasteiger partial charge >= 0.3 is 0 Å². The summed E-state index contributed by atoms with van der Waals surface area (Å²) in [5.41, 5.74) is 8.56. The number of hydrogen-bond donors (Lipinski definition) is 2. The molecule has 4 heteroatoms. The maximum Gasteiger partial charge on any atom is 0.227 e. The van der Waals surface area contributed by atoms with Gasteiger partial charge in [0, 0.05) is 18.5 Å². The van der Waals surface area contributed by atoms with Gasteiger partial charge in [0.2, 0.25) is 5.91 Å². The molecular weight excluding hydrogens is 312 g/mol. The largest absolute Gasteiger partial charge is 0.395 e. The highest BCUT2D eigenvalue weighted by molar-refractivity contribution is 5.79. The molecule has 0 aromatic heterocycles. The van der Waals surface area contributed by atoms with E-state index in [9.17, 15) is 9.90 Å². The highest BCUT2D eigenvalue weighted by Crippen LogP contribution is 2.34. The standard InChI is InChI=1S/C21H26N2O2/c22-12-10-17-6-8-18(9-7-17)14-20(25)23-13-11-21(15-23,16-24)19-4-2-1-3-5-19/h1-9,24H,10-16,22H2. The lowest BCUT2D eigenvalue weighted by Gasteiger charge is -2.27. The van der Waals surface area contributed by atoms with Crippen LogP contribution in [0.5, 0.6) is 0 Å². The first-order valence-electron chi connectivity index (χ1n) is 8.89. The van der Waals surface area contributed by atoms with Crippen molar-refractivity contribution in [1.29, 1.82) is 0 Å². The van der Waals surface area contributed by atoms with Crippen molar-refractivity contribution in [2.75, 3.05) is 26.2 Å². The Labute approximate surface area is 149 Å². The van der Waals surface area contributed by atoms with E-state index in [0.29, 0.717) is 26.1 Å². The number of nitrogens with zero attached hydrogens (tertiary/aromatic N) is 1. The zero-order valence-electron chi connectivity index (χ0n) is 14.5. The number of carbonyl (C=O) groups excluding carboxylic acids is 1. The van der Waals surface area contributed by atoms with Crippen molar-refractivity contribution in [1.82, 2.24) is 4.90 Å². The van der Waals surface area contributed by atoms with Gasteiger partial charge < -0.3 is 15.7 Å². The topological polar surface area (TPSA) is 66.6 Å². The van der Waals surface area contributed by atoms with Crippen LogP contribution in [0, 0.1) is 0 Å². The number of nitrogens with two attached hydrogens (primary N) is 1. The molecule has 2 aromatic carbocycles. The molecule has 0 bridgehead atoms. The van der Waals surface area contributed by atoms with Gasteiger partial charge in [0.15, 0.2) is 0 Å². The van der Waals surface area contributed by atoms with Gasteiger partial charge in [-0.3, -0.25) is 4.79 Å². The summed E-state index contributed by atoms with van der Waals surface area (Å²) in [5.74, 6) is 0.123. The van der Waals surface area contributed by atoms with E-state index in [1.165, 1.54) is 5.56 Å². The molecule has 3 rings (SSSR count). The van der Waals surface area contributed by atoms with Crippen molar-refractivity contribution in [3.8, 4) is 0 Å². The molecule has 25 heavy (non-hydrogen) atoms. The molecule has 3 N–H and O–H groups in total. The molecule has 1 aliphatic heterocycles. The summed E-state index contributed by atoms with van der Waals surface area (Å²) in [5, 5.41) is 9.99. The molecule has 0 saturated carbocycles. The molecule has 1 aliphatic rings. The molecule has 1 unspecified atom stereocenters. The molecule has 0 spiro atoms. The Morgan fingerprint density at radius 1 is 1.08 bits per heavy atom. The van der Waals surface area contributed by atoms with E-state index in [2.05, 4.69) is 0 Å². The number of hydrogen-bond acceptors (Lipinski definition) is 3. The minimum atomic E-state index is -0.331. The Morgan fingerprint density at radius 3 is 2.40 bits per heavy atom. The Balaban J connectivity index is 1.66. The van der Waals surface area contributed by atoms with Gasteiger partial charge in [-0.2, -0.15) is 0 Å². The number of rotatable bonds is 6. The summed E-state index contributed by atoms with van der Waals surface area (Å²) in [7, 11) is 0. The first kappa shape index (κ1) is 17.6. The van der Waals surface area contributed by atoms with Crippen LogP contribution in [0.3, 0.4) is 0 Å². The van der Waals surface area contributed by atoms with Gasteiger partial charge in [-0.25, -0.2) is 0 Å². The Kier molecular flexibility index (Phi) is 5.51. The summed E-state index contributed by atoms with van der Waals surface area (Å²) < 4.78 is 0. The van der Waals surface area contributed by atoms with E-state index in [1.807, 2.05) is 59.5 Å². The fraction of sp³-hybridized carbons (Fsp3) is 0.381. The smallest absolute Gasteiger partial charge is 0.227 e. The van der Waals surface area contributed by atoms with Gasteiger partial charge in [0.1, 0.15) is 0 Å². The lowest BCUT2D eigenvalue weighted by molar-refractivity contribution is -0.129. The third-order valence-corrected chi connectivity index (χ3v) is 5.21. The number of likely N-dealkylation sites (tertiary alicyclic amines) is 1. The third kappa shape index (κ3) is 3.91. The van der Waals surface area contributed by atoms with Gasteiger partial charge in [0.05, 0.1) is 13.0 Å². The normalized spacial score (nSPS) is 20.0. The molecule has 1 amide bonds. The number of aliphatic hydroxyl groups is 1. The minimum Gasteiger partial charge on any atom is -0.395 e. The van der Waals surface area contributed by atoms with Crippen LogP contribution in [-0.2, 0) is 23.1 Å². The SMILES string of the molecule is NCCc1ccc(CC(=O)N2CCC(CO)(c3ccccc3)C2)cc1. The van der Waals surface area contributed by atoms with Crippen molar-refractivity contribution in [3.05, 3.63) is 71.3 Å². The number of aliphatic hydroxyl groups excluding tert-OH is 1. The minimum absolute atomic E-state index is 0.0641. The number of amides is 1. The maximum absolute atomic E-state index is 12.7. The van der Waals surface area contributed by atoms with Crippen molar-refractivity contribution in [2.24, 2.45) is 5.73 Å². The summed E-state index contributed by atoms with van der Waals surface area (Å²) >= 11 is 0. The summed E-state index contributed by atoms with van der Waals surface area (Å²) in [6.07, 6.45) is 2.06. The number of carbonyl (C=O) groups is 1. The lowest BCUT2D eigenvalue weighted by atomic mass is 9.80. The molecule has 1 heterocycles. The fourth-order valence-electron chi connectivity index (χ4n) is 3.61. The number of benzene rings is 2. The van der Waals surface area contributed by atoms with E-state index in [0.717, 1.165) is 24.0 Å². The zero-order chi connectivity index (χ0) is 17.7. The molecule has 1 atom stereocenters. The third-order valence-electron chi connectivity index (χ3n) is 5.21. The van der Waals surface area contributed by atoms with E-state index >= 15 is 0 Å². The highest BCUT2D eigenvalue weighted by atomic mass is 16.3. The Hall–Kier alpha value is -2.17. The van der Waals surface area contributed by atoms with Crippen molar-refractivity contribution in [2.45, 2.75) is 24.7 Å². The average molecular weight is 338 g/mol. The van der Waals surface area contributed by atoms with Gasteiger partial charge in [0.25, 0.3) is 0 Å². The Bertz CT molecular complexity index is 700. The molecule has 0 aliphatic carbocycles. The van der Waals surface area contributed by atoms with E-state index in [-0.39, 0.29) is 17.9 Å². The highest BCUT2D eigenvalue weighted by Gasteiger charge is 2.40. The first-order chi connectivity index (χ1) is 12.2. The zero-order valence-corrected chi connectivity index (χ0v) is 14.5. The van der Waals surface area contributed by atoms with Crippen LogP contribution >= 0.6 is 0 Å². The maximum atomic E-state index is 12.7. The van der Waals surface area contributed by atoms with Crippen LogP contribution in [0.15, 0.2) is 54.6 Å². The predicted molar refractivity (Wildman–Crippen MR) is 99.3 cm³/mol. The van der Waals surface area contributed by atoms with Crippen LogP contribution < -0.4 is 5.73 Å². The monoisotopic (exact) mass is 338 g/mol. The van der Waals surface area contributed by atoms with Gasteiger partial charge in [-0.1, -0.05) is 54.6 Å². The van der Waals surface area contributed by atoms with Gasteiger partial charge in [-0.05, 0) is 36.1 Å². The first-order valence-corrected chi connectivity index (χ1v) is 8.89. The summed E-state index contributed by atoms with van der Waals surface area (Å²) in [6.45, 7) is 1.97. The molecular formula is C21H26N2O2. The lowest BCUT2D eigenvalue weighted by Crippen LogP contribution is -2.37. The van der Waals surface area contributed by atoms with Crippen molar-refractivity contribution < 1.29 is 9.90 Å². The second-order valence-corrected chi connectivity index (χ2v) is 6.90. The quantitative estimate of drug-likeness (QED) is 0.845. The van der Waals surface area contributed by atoms with Gasteiger partial charge in [-0.15, -0.1) is 0 Å². The fourth-order valence-corrected chi connectivity index (χ4v) is 3.61. The van der Waals surface area contributed by atoms with Crippen LogP contribution in [-0.4, -0.2) is 42.2 Å². The molecule has 2 aromatic rings.